The Balaban J connectivity index is 2.08. The van der Waals surface area contributed by atoms with E-state index in [1.807, 2.05) is 0 Å². The van der Waals surface area contributed by atoms with Crippen molar-refractivity contribution in [1.82, 2.24) is 5.32 Å². The molecule has 8 heteroatoms. The average Bonchev–Trinajstić information content (AvgIpc) is 2.72. The topological polar surface area (TPSA) is 103 Å². The molecule has 8 nitrogen and oxygen atoms in total. The highest BCUT2D eigenvalue weighted by molar-refractivity contribution is 5.85. The molecular formula is C21H25NO7. The molecule has 0 aliphatic heterocycles. The van der Waals surface area contributed by atoms with Crippen LogP contribution in [0.15, 0.2) is 36.4 Å². The van der Waals surface area contributed by atoms with E-state index in [0.29, 0.717) is 34.1 Å². The smallest absolute Gasteiger partial charge is 0.326 e. The fraction of sp³-hybridized carbons (Fsp3) is 0.333. The molecule has 0 saturated heterocycles. The summed E-state index contributed by atoms with van der Waals surface area (Å²) >= 11 is 0. The van der Waals surface area contributed by atoms with Crippen LogP contribution in [0, 0.1) is 0 Å². The van der Waals surface area contributed by atoms with Gasteiger partial charge in [-0.15, -0.1) is 0 Å². The molecule has 2 rings (SSSR count). The summed E-state index contributed by atoms with van der Waals surface area (Å²) in [4.78, 5) is 24.1. The van der Waals surface area contributed by atoms with Gasteiger partial charge in [0.05, 0.1) is 34.9 Å². The van der Waals surface area contributed by atoms with Gasteiger partial charge in [-0.05, 0) is 35.4 Å². The number of benzene rings is 2. The normalized spacial score (nSPS) is 11.3. The number of aliphatic carboxylic acids is 1. The first-order valence-electron chi connectivity index (χ1n) is 8.85. The predicted molar refractivity (Wildman–Crippen MR) is 106 cm³/mol. The van der Waals surface area contributed by atoms with Gasteiger partial charge in [0.15, 0.2) is 23.0 Å². The van der Waals surface area contributed by atoms with Gasteiger partial charge < -0.3 is 29.4 Å². The van der Waals surface area contributed by atoms with E-state index in [4.69, 9.17) is 18.9 Å². The SMILES string of the molecule is COc1ccc(CC(=O)NC(Cc2ccc(OC)c(OC)c2)C(=O)O)cc1OC. The Kier molecular flexibility index (Phi) is 7.70. The largest absolute Gasteiger partial charge is 0.493 e. The molecule has 2 aromatic carbocycles. The van der Waals surface area contributed by atoms with Gasteiger partial charge in [-0.1, -0.05) is 12.1 Å². The number of rotatable bonds is 10. The highest BCUT2D eigenvalue weighted by atomic mass is 16.5. The van der Waals surface area contributed by atoms with Gasteiger partial charge in [-0.2, -0.15) is 0 Å². The Morgan fingerprint density at radius 1 is 0.828 bits per heavy atom. The number of carbonyl (C=O) groups excluding carboxylic acids is 1. The van der Waals surface area contributed by atoms with Crippen LogP contribution in [0.1, 0.15) is 11.1 Å². The van der Waals surface area contributed by atoms with E-state index in [9.17, 15) is 14.7 Å². The molecule has 1 unspecified atom stereocenters. The van der Waals surface area contributed by atoms with Crippen molar-refractivity contribution in [3.05, 3.63) is 47.5 Å². The van der Waals surface area contributed by atoms with Crippen LogP contribution in [-0.4, -0.2) is 51.5 Å². The van der Waals surface area contributed by atoms with Crippen molar-refractivity contribution in [3.63, 3.8) is 0 Å². The number of ether oxygens (including phenoxy) is 4. The second-order valence-corrected chi connectivity index (χ2v) is 6.22. The highest BCUT2D eigenvalue weighted by Gasteiger charge is 2.21. The van der Waals surface area contributed by atoms with Gasteiger partial charge in [0.1, 0.15) is 6.04 Å². The Bertz CT molecular complexity index is 866. The van der Waals surface area contributed by atoms with Crippen LogP contribution in [0.25, 0.3) is 0 Å². The first-order valence-corrected chi connectivity index (χ1v) is 8.85. The molecule has 0 aromatic heterocycles. The van der Waals surface area contributed by atoms with Crippen LogP contribution in [0.4, 0.5) is 0 Å². The maximum atomic E-state index is 12.4. The van der Waals surface area contributed by atoms with Gasteiger partial charge >= 0.3 is 5.97 Å². The summed E-state index contributed by atoms with van der Waals surface area (Å²) in [6, 6.07) is 9.14. The minimum Gasteiger partial charge on any atom is -0.493 e. The Hall–Kier alpha value is -3.42. The first-order chi connectivity index (χ1) is 13.9. The van der Waals surface area contributed by atoms with Crippen molar-refractivity contribution < 1.29 is 33.6 Å². The quantitative estimate of drug-likeness (QED) is 0.626. The van der Waals surface area contributed by atoms with Crippen LogP contribution >= 0.6 is 0 Å². The second kappa shape index (κ2) is 10.2. The summed E-state index contributed by atoms with van der Waals surface area (Å²) in [7, 11) is 6.05. The standard InChI is InChI=1S/C21H25NO7/c1-26-16-7-5-13(10-18(16)28-3)9-15(21(24)25)22-20(23)12-14-6-8-17(27-2)19(11-14)29-4/h5-8,10-11,15H,9,12H2,1-4H3,(H,22,23)(H,24,25). The van der Waals surface area contributed by atoms with Crippen LogP contribution in [-0.2, 0) is 22.4 Å². The van der Waals surface area contributed by atoms with Crippen LogP contribution in [0.2, 0.25) is 0 Å². The zero-order valence-corrected chi connectivity index (χ0v) is 16.9. The lowest BCUT2D eigenvalue weighted by atomic mass is 10.0. The van der Waals surface area contributed by atoms with Gasteiger partial charge in [0.2, 0.25) is 5.91 Å². The molecule has 0 heterocycles. The van der Waals surface area contributed by atoms with Crippen molar-refractivity contribution >= 4 is 11.9 Å². The van der Waals surface area contributed by atoms with E-state index in [1.54, 1.807) is 36.4 Å². The zero-order chi connectivity index (χ0) is 21.4. The van der Waals surface area contributed by atoms with E-state index in [2.05, 4.69) is 5.32 Å². The molecule has 1 atom stereocenters. The summed E-state index contributed by atoms with van der Waals surface area (Å²) in [6.07, 6.45) is 0.115. The van der Waals surface area contributed by atoms with Gasteiger partial charge in [0.25, 0.3) is 0 Å². The van der Waals surface area contributed by atoms with E-state index in [1.165, 1.54) is 28.4 Å². The molecule has 156 valence electrons. The minimum absolute atomic E-state index is 0.00999. The molecule has 2 N–H and O–H groups in total. The second-order valence-electron chi connectivity index (χ2n) is 6.22. The number of hydrogen-bond acceptors (Lipinski definition) is 6. The number of methoxy groups -OCH3 is 4. The van der Waals surface area contributed by atoms with Crippen molar-refractivity contribution in [2.24, 2.45) is 0 Å². The van der Waals surface area contributed by atoms with E-state index in [-0.39, 0.29) is 12.8 Å². The molecule has 2 aromatic rings. The third kappa shape index (κ3) is 5.78. The lowest BCUT2D eigenvalue weighted by Crippen LogP contribution is -2.43. The third-order valence-corrected chi connectivity index (χ3v) is 4.33. The minimum atomic E-state index is -1.12. The highest BCUT2D eigenvalue weighted by Crippen LogP contribution is 2.29. The van der Waals surface area contributed by atoms with Gasteiger partial charge in [0, 0.05) is 6.42 Å². The summed E-state index contributed by atoms with van der Waals surface area (Å²) in [5.74, 6) is 0.545. The summed E-state index contributed by atoms with van der Waals surface area (Å²) in [6.45, 7) is 0. The van der Waals surface area contributed by atoms with E-state index < -0.39 is 17.9 Å². The van der Waals surface area contributed by atoms with Crippen molar-refractivity contribution in [1.29, 1.82) is 0 Å². The van der Waals surface area contributed by atoms with Crippen LogP contribution in [0.5, 0.6) is 23.0 Å². The number of carboxylic acids is 1. The van der Waals surface area contributed by atoms with E-state index in [0.717, 1.165) is 0 Å². The van der Waals surface area contributed by atoms with Crippen molar-refractivity contribution in [2.75, 3.05) is 28.4 Å². The van der Waals surface area contributed by atoms with Crippen LogP contribution < -0.4 is 24.3 Å². The van der Waals surface area contributed by atoms with Crippen LogP contribution in [0.3, 0.4) is 0 Å². The predicted octanol–water partition coefficient (Wildman–Crippen LogP) is 2.08. The fourth-order valence-corrected chi connectivity index (χ4v) is 2.86. The lowest BCUT2D eigenvalue weighted by Gasteiger charge is -2.16. The van der Waals surface area contributed by atoms with Crippen molar-refractivity contribution in [3.8, 4) is 23.0 Å². The number of nitrogens with one attached hydrogen (secondary N) is 1. The summed E-state index contributed by atoms with van der Waals surface area (Å²) in [5, 5.41) is 12.1. The van der Waals surface area contributed by atoms with Crippen molar-refractivity contribution in [2.45, 2.75) is 18.9 Å². The summed E-state index contributed by atoms with van der Waals surface area (Å²) < 4.78 is 20.8. The molecule has 0 aliphatic rings. The third-order valence-electron chi connectivity index (χ3n) is 4.33. The van der Waals surface area contributed by atoms with E-state index >= 15 is 0 Å². The molecule has 29 heavy (non-hydrogen) atoms. The molecule has 1 amide bonds. The fourth-order valence-electron chi connectivity index (χ4n) is 2.86. The lowest BCUT2D eigenvalue weighted by molar-refractivity contribution is -0.141. The molecule has 0 spiro atoms. The molecule has 0 bridgehead atoms. The number of amides is 1. The molecule has 0 fully saturated rings. The Morgan fingerprint density at radius 3 is 1.79 bits per heavy atom. The Morgan fingerprint density at radius 2 is 1.31 bits per heavy atom. The molecular weight excluding hydrogens is 378 g/mol. The molecule has 0 saturated carbocycles. The Labute approximate surface area is 169 Å². The zero-order valence-electron chi connectivity index (χ0n) is 16.9. The first kappa shape index (κ1) is 21.9. The van der Waals surface area contributed by atoms with Gasteiger partial charge in [-0.25, -0.2) is 4.79 Å². The molecule has 0 radical (unpaired) electrons. The maximum Gasteiger partial charge on any atom is 0.326 e. The summed E-state index contributed by atoms with van der Waals surface area (Å²) in [5.41, 5.74) is 1.37. The maximum absolute atomic E-state index is 12.4. The number of carboxylic acid groups (broad SMARTS) is 1. The number of carbonyl (C=O) groups is 2. The average molecular weight is 403 g/mol. The van der Waals surface area contributed by atoms with Gasteiger partial charge in [-0.3, -0.25) is 4.79 Å². The number of hydrogen-bond donors (Lipinski definition) is 2. The monoisotopic (exact) mass is 403 g/mol. The molecule has 0 aliphatic carbocycles.